The zero-order valence-electron chi connectivity index (χ0n) is 30.1. The highest BCUT2D eigenvalue weighted by Crippen LogP contribution is 2.45. The van der Waals surface area contributed by atoms with Gasteiger partial charge in [-0.3, -0.25) is 4.98 Å². The molecule has 9 aromatic rings. The largest absolute Gasteiger partial charge is 0.309 e. The number of hydrogen-bond acceptors (Lipinski definition) is 1. The summed E-state index contributed by atoms with van der Waals surface area (Å²) in [4.78, 5) is 4.34. The maximum absolute atomic E-state index is 4.34. The molecule has 0 fully saturated rings. The second-order valence-electron chi connectivity index (χ2n) is 15.0. The Kier molecular flexibility index (Phi) is 7.45. The van der Waals surface area contributed by atoms with Crippen molar-refractivity contribution in [2.24, 2.45) is 0 Å². The molecule has 0 atom stereocenters. The highest BCUT2D eigenvalue weighted by molar-refractivity contribution is 6.27. The molecule has 250 valence electrons. The summed E-state index contributed by atoms with van der Waals surface area (Å²) in [6, 6.07) is 47.1. The smallest absolute Gasteiger partial charge is 0.0541 e. The Morgan fingerprint density at radius 1 is 0.654 bits per heavy atom. The Morgan fingerprint density at radius 2 is 1.38 bits per heavy atom. The lowest BCUT2D eigenvalue weighted by molar-refractivity contribution is 0.591. The van der Waals surface area contributed by atoms with Crippen LogP contribution in [0.5, 0.6) is 0 Å². The number of aromatic nitrogens is 2. The number of hydrogen-bond donors (Lipinski definition) is 0. The van der Waals surface area contributed by atoms with Crippen molar-refractivity contribution in [1.82, 2.24) is 9.55 Å². The van der Waals surface area contributed by atoms with Gasteiger partial charge in [0.05, 0.1) is 11.0 Å². The topological polar surface area (TPSA) is 17.8 Å². The van der Waals surface area contributed by atoms with E-state index in [9.17, 15) is 0 Å². The van der Waals surface area contributed by atoms with Crippen LogP contribution in [0.25, 0.3) is 82.1 Å². The molecule has 0 saturated carbocycles. The third-order valence-electron chi connectivity index (χ3n) is 10.7. The summed E-state index contributed by atoms with van der Waals surface area (Å²) < 4.78 is 2.38. The van der Waals surface area contributed by atoms with E-state index in [0.29, 0.717) is 0 Å². The second-order valence-corrected chi connectivity index (χ2v) is 15.0. The van der Waals surface area contributed by atoms with Crippen molar-refractivity contribution in [2.75, 3.05) is 0 Å². The molecular weight excluding hydrogens is 629 g/mol. The highest BCUT2D eigenvalue weighted by Gasteiger charge is 2.21. The second kappa shape index (κ2) is 12.2. The molecule has 0 aliphatic carbocycles. The molecule has 0 aliphatic rings. The Labute approximate surface area is 305 Å². The van der Waals surface area contributed by atoms with Crippen LogP contribution in [0.1, 0.15) is 44.4 Å². The van der Waals surface area contributed by atoms with E-state index in [-0.39, 0.29) is 5.41 Å². The summed E-state index contributed by atoms with van der Waals surface area (Å²) in [6.07, 6.45) is 10.00. The van der Waals surface area contributed by atoms with Gasteiger partial charge in [-0.15, -0.1) is 0 Å². The monoisotopic (exact) mass is 668 g/mol. The number of rotatable bonds is 6. The minimum absolute atomic E-state index is 0.0535. The molecule has 2 heterocycles. The van der Waals surface area contributed by atoms with Crippen LogP contribution in [0.2, 0.25) is 0 Å². The molecule has 0 bridgehead atoms. The number of benzene rings is 7. The van der Waals surface area contributed by atoms with Crippen molar-refractivity contribution >= 4 is 65.3 Å². The fraction of sp³-hybridized carbons (Fsp3) is 0.100. The molecule has 2 aromatic heterocycles. The van der Waals surface area contributed by atoms with Gasteiger partial charge >= 0.3 is 0 Å². The molecule has 7 aromatic carbocycles. The van der Waals surface area contributed by atoms with Gasteiger partial charge in [0.1, 0.15) is 0 Å². The van der Waals surface area contributed by atoms with Crippen LogP contribution in [-0.4, -0.2) is 9.55 Å². The number of pyridine rings is 1. The van der Waals surface area contributed by atoms with Gasteiger partial charge in [0.25, 0.3) is 0 Å². The first-order valence-corrected chi connectivity index (χ1v) is 18.1. The van der Waals surface area contributed by atoms with Crippen molar-refractivity contribution in [3.8, 4) is 16.8 Å². The molecule has 0 amide bonds. The Morgan fingerprint density at radius 3 is 2.12 bits per heavy atom. The van der Waals surface area contributed by atoms with Gasteiger partial charge in [-0.25, -0.2) is 0 Å². The van der Waals surface area contributed by atoms with Gasteiger partial charge in [-0.1, -0.05) is 131 Å². The standard InChI is InChI=1S/C50H40N2/c1-6-33(37-13-12-26-51-31-37)19-18-32(2)43-30-44(42-24-21-36-28-38(50(3,4)5)27-35-20-23-41(43)49(42)48(35)36)34-22-25-47-45(29-34)40-16-10-11-17-46(40)52(47)39-14-8-7-9-15-39/h6-31H,1H2,2-5H3/b32-18+,33-19+. The molecule has 2 heteroatoms. The van der Waals surface area contributed by atoms with Crippen molar-refractivity contribution in [1.29, 1.82) is 0 Å². The maximum atomic E-state index is 4.34. The van der Waals surface area contributed by atoms with Crippen LogP contribution in [0, 0.1) is 0 Å². The van der Waals surface area contributed by atoms with Crippen molar-refractivity contribution in [2.45, 2.75) is 33.1 Å². The SMILES string of the molecule is C=C/C(=C\C=C(/C)c1cc(-c2ccc3c(c2)c2ccccc2n3-c2ccccc2)c2ccc3cc(C(C)(C)C)cc4ccc1c2c43)c1cccnc1. The van der Waals surface area contributed by atoms with Crippen LogP contribution in [-0.2, 0) is 5.41 Å². The minimum atomic E-state index is 0.0535. The van der Waals surface area contributed by atoms with Gasteiger partial charge in [0.2, 0.25) is 0 Å². The van der Waals surface area contributed by atoms with Crippen LogP contribution in [0.15, 0.2) is 165 Å². The number of nitrogens with zero attached hydrogens (tertiary/aromatic N) is 2. The lowest BCUT2D eigenvalue weighted by Crippen LogP contribution is -2.10. The van der Waals surface area contributed by atoms with E-state index >= 15 is 0 Å². The van der Waals surface area contributed by atoms with Gasteiger partial charge in [-0.05, 0) is 126 Å². The first kappa shape index (κ1) is 31.7. The normalized spacial score (nSPS) is 12.9. The molecule has 9 rings (SSSR count). The molecule has 52 heavy (non-hydrogen) atoms. The summed E-state index contributed by atoms with van der Waals surface area (Å²) in [5, 5.41) is 10.3. The fourth-order valence-electron chi connectivity index (χ4n) is 8.03. The lowest BCUT2D eigenvalue weighted by Gasteiger charge is -2.23. The minimum Gasteiger partial charge on any atom is -0.309 e. The molecular formula is C50H40N2. The molecule has 0 unspecified atom stereocenters. The van der Waals surface area contributed by atoms with Crippen molar-refractivity contribution in [3.63, 3.8) is 0 Å². The van der Waals surface area contributed by atoms with E-state index in [1.54, 1.807) is 6.20 Å². The van der Waals surface area contributed by atoms with E-state index in [0.717, 1.165) is 11.1 Å². The summed E-state index contributed by atoms with van der Waals surface area (Å²) in [7, 11) is 0. The van der Waals surface area contributed by atoms with Gasteiger partial charge in [0.15, 0.2) is 0 Å². The van der Waals surface area contributed by atoms with E-state index < -0.39 is 0 Å². The zero-order valence-corrected chi connectivity index (χ0v) is 30.1. The first-order valence-electron chi connectivity index (χ1n) is 18.1. The average molecular weight is 669 g/mol. The van der Waals surface area contributed by atoms with Crippen molar-refractivity contribution in [3.05, 3.63) is 181 Å². The van der Waals surface area contributed by atoms with E-state index in [1.165, 1.54) is 87.6 Å². The zero-order chi connectivity index (χ0) is 35.6. The Bertz CT molecular complexity index is 2860. The molecule has 2 nitrogen and oxygen atoms in total. The fourth-order valence-corrected chi connectivity index (χ4v) is 8.03. The maximum Gasteiger partial charge on any atom is 0.0541 e. The van der Waals surface area contributed by atoms with Gasteiger partial charge in [-0.2, -0.15) is 0 Å². The summed E-state index contributed by atoms with van der Waals surface area (Å²) in [6.45, 7) is 13.2. The van der Waals surface area contributed by atoms with E-state index in [1.807, 2.05) is 18.3 Å². The third-order valence-corrected chi connectivity index (χ3v) is 10.7. The highest BCUT2D eigenvalue weighted by atomic mass is 15.0. The molecule has 0 radical (unpaired) electrons. The molecule has 0 spiro atoms. The predicted molar refractivity (Wildman–Crippen MR) is 225 cm³/mol. The predicted octanol–water partition coefficient (Wildman–Crippen LogP) is 13.7. The van der Waals surface area contributed by atoms with Crippen LogP contribution in [0.3, 0.4) is 0 Å². The third kappa shape index (κ3) is 5.14. The van der Waals surface area contributed by atoms with E-state index in [4.69, 9.17) is 0 Å². The summed E-state index contributed by atoms with van der Waals surface area (Å²) in [5.74, 6) is 0. The summed E-state index contributed by atoms with van der Waals surface area (Å²) in [5.41, 5.74) is 12.0. The first-order chi connectivity index (χ1) is 25.3. The summed E-state index contributed by atoms with van der Waals surface area (Å²) >= 11 is 0. The quantitative estimate of drug-likeness (QED) is 0.127. The molecule has 0 saturated heterocycles. The van der Waals surface area contributed by atoms with Crippen LogP contribution >= 0.6 is 0 Å². The van der Waals surface area contributed by atoms with Gasteiger partial charge < -0.3 is 4.57 Å². The molecule has 0 aliphatic heterocycles. The Balaban J connectivity index is 1.33. The number of para-hydroxylation sites is 2. The van der Waals surface area contributed by atoms with Crippen LogP contribution in [0.4, 0.5) is 0 Å². The molecule has 0 N–H and O–H groups in total. The average Bonchev–Trinajstić information content (AvgIpc) is 3.51. The lowest BCUT2D eigenvalue weighted by atomic mass is 9.81. The van der Waals surface area contributed by atoms with Gasteiger partial charge in [0, 0.05) is 28.9 Å². The van der Waals surface area contributed by atoms with Crippen molar-refractivity contribution < 1.29 is 0 Å². The Hall–Kier alpha value is -6.25. The van der Waals surface area contributed by atoms with Crippen LogP contribution < -0.4 is 0 Å². The number of fused-ring (bicyclic) bond motifs is 3. The number of allylic oxidation sites excluding steroid dienone is 5. The van der Waals surface area contributed by atoms with E-state index in [2.05, 4.69) is 177 Å².